The van der Waals surface area contributed by atoms with Gasteiger partial charge in [-0.1, -0.05) is 0 Å². The number of nitrogens with zero attached hydrogens (tertiary/aromatic N) is 2. The third-order valence-electron chi connectivity index (χ3n) is 2.51. The molecule has 0 aliphatic heterocycles. The summed E-state index contributed by atoms with van der Waals surface area (Å²) in [5, 5.41) is 13.3. The number of amides is 1. The van der Waals surface area contributed by atoms with Crippen molar-refractivity contribution in [3.8, 4) is 0 Å². The number of aromatic nitrogens is 1. The molecular formula is C14H19N3O5. The third-order valence-corrected chi connectivity index (χ3v) is 2.51. The molecule has 0 aliphatic carbocycles. The van der Waals surface area contributed by atoms with Crippen molar-refractivity contribution in [1.29, 1.82) is 0 Å². The Labute approximate surface area is 128 Å². The summed E-state index contributed by atoms with van der Waals surface area (Å²) in [5.74, 6) is -0.674. The van der Waals surface area contributed by atoms with Crippen LogP contribution in [0.1, 0.15) is 43.7 Å². The molecule has 1 heterocycles. The Morgan fingerprint density at radius 2 is 2.00 bits per heavy atom. The number of ether oxygens (including phenoxy) is 1. The Kier molecular flexibility index (Phi) is 5.56. The summed E-state index contributed by atoms with van der Waals surface area (Å²) in [5.41, 5.74) is -0.0280. The number of nitro groups is 1. The molecule has 120 valence electrons. The minimum Gasteiger partial charge on any atom is -0.444 e. The Hall–Kier alpha value is -2.51. The zero-order valence-corrected chi connectivity index (χ0v) is 13.0. The number of Topliss-reactive ketones (excluding diaryl/α,β-unsaturated/α-hetero) is 1. The van der Waals surface area contributed by atoms with E-state index >= 15 is 0 Å². The molecule has 1 aromatic heterocycles. The molecule has 1 rings (SSSR count). The smallest absolute Gasteiger partial charge is 0.407 e. The lowest BCUT2D eigenvalue weighted by Crippen LogP contribution is -2.33. The van der Waals surface area contributed by atoms with Crippen LogP contribution < -0.4 is 5.32 Å². The van der Waals surface area contributed by atoms with E-state index in [2.05, 4.69) is 10.3 Å². The molecule has 0 fully saturated rings. The van der Waals surface area contributed by atoms with Crippen molar-refractivity contribution in [2.75, 3.05) is 6.54 Å². The first-order valence-corrected chi connectivity index (χ1v) is 6.71. The molecule has 8 nitrogen and oxygen atoms in total. The summed E-state index contributed by atoms with van der Waals surface area (Å²) in [6.07, 6.45) is -0.328. The minimum absolute atomic E-state index is 0.195. The van der Waals surface area contributed by atoms with Gasteiger partial charge in [0.1, 0.15) is 5.60 Å². The van der Waals surface area contributed by atoms with Crippen molar-refractivity contribution in [2.24, 2.45) is 0 Å². The lowest BCUT2D eigenvalue weighted by Gasteiger charge is -2.19. The highest BCUT2D eigenvalue weighted by atomic mass is 16.6. The van der Waals surface area contributed by atoms with Crippen molar-refractivity contribution in [1.82, 2.24) is 10.3 Å². The summed E-state index contributed by atoms with van der Waals surface area (Å²) < 4.78 is 5.07. The van der Waals surface area contributed by atoms with Gasteiger partial charge in [0.2, 0.25) is 0 Å². The molecule has 8 heteroatoms. The predicted molar refractivity (Wildman–Crippen MR) is 78.8 cm³/mol. The van der Waals surface area contributed by atoms with Crippen molar-refractivity contribution in [3.05, 3.63) is 33.5 Å². The van der Waals surface area contributed by atoms with Gasteiger partial charge in [-0.25, -0.2) is 4.79 Å². The van der Waals surface area contributed by atoms with Crippen LogP contribution in [0.3, 0.4) is 0 Å². The molecule has 0 radical (unpaired) electrons. The number of ketones is 1. The average molecular weight is 309 g/mol. The fourth-order valence-electron chi connectivity index (χ4n) is 1.60. The second-order valence-electron chi connectivity index (χ2n) is 5.70. The van der Waals surface area contributed by atoms with E-state index in [9.17, 15) is 19.7 Å². The number of carbonyl (C=O) groups excluding carboxylic acids is 2. The summed E-state index contributed by atoms with van der Waals surface area (Å²) in [7, 11) is 0. The van der Waals surface area contributed by atoms with Gasteiger partial charge in [-0.15, -0.1) is 0 Å². The summed E-state index contributed by atoms with van der Waals surface area (Å²) in [6, 6.07) is 2.61. The monoisotopic (exact) mass is 309 g/mol. The Bertz CT molecular complexity index is 560. The first-order chi connectivity index (χ1) is 10.1. The largest absolute Gasteiger partial charge is 0.444 e. The number of carbonyl (C=O) groups is 2. The van der Waals surface area contributed by atoms with Gasteiger partial charge in [-0.05, 0) is 43.7 Å². The van der Waals surface area contributed by atoms with Crippen LogP contribution in [-0.2, 0) is 11.2 Å². The summed E-state index contributed by atoms with van der Waals surface area (Å²) in [6.45, 7) is 6.75. The van der Waals surface area contributed by atoms with Crippen LogP contribution in [0.5, 0.6) is 0 Å². The van der Waals surface area contributed by atoms with Crippen molar-refractivity contribution < 1.29 is 19.2 Å². The van der Waals surface area contributed by atoms with E-state index in [-0.39, 0.29) is 30.1 Å². The zero-order chi connectivity index (χ0) is 16.9. The van der Waals surface area contributed by atoms with Crippen LogP contribution in [0.15, 0.2) is 12.1 Å². The van der Waals surface area contributed by atoms with Gasteiger partial charge in [-0.3, -0.25) is 4.79 Å². The van der Waals surface area contributed by atoms with E-state index in [0.29, 0.717) is 5.69 Å². The molecule has 0 unspecified atom stereocenters. The molecule has 1 amide bonds. The van der Waals surface area contributed by atoms with Crippen LogP contribution in [0.25, 0.3) is 0 Å². The molecule has 22 heavy (non-hydrogen) atoms. The van der Waals surface area contributed by atoms with Gasteiger partial charge in [0.25, 0.3) is 0 Å². The van der Waals surface area contributed by atoms with Gasteiger partial charge in [-0.2, -0.15) is 0 Å². The van der Waals surface area contributed by atoms with Crippen LogP contribution in [0.4, 0.5) is 10.6 Å². The lowest BCUT2D eigenvalue weighted by atomic mass is 10.1. The summed E-state index contributed by atoms with van der Waals surface area (Å²) in [4.78, 5) is 36.9. The van der Waals surface area contributed by atoms with Gasteiger partial charge < -0.3 is 20.2 Å². The van der Waals surface area contributed by atoms with E-state index < -0.39 is 16.6 Å². The number of hydrogen-bond acceptors (Lipinski definition) is 6. The highest BCUT2D eigenvalue weighted by Crippen LogP contribution is 2.14. The SMILES string of the molecule is CC(=O)c1cc(CCNC(=O)OC(C)(C)C)nc([N+](=O)[O-])c1. The standard InChI is InChI=1S/C14H19N3O5/c1-9(18)10-7-11(16-12(8-10)17(20)21)5-6-15-13(19)22-14(2,3)4/h7-8H,5-6H2,1-4H3,(H,15,19). The van der Waals surface area contributed by atoms with Gasteiger partial charge >= 0.3 is 11.9 Å². The number of alkyl carbamates (subject to hydrolysis) is 1. The maximum absolute atomic E-state index is 11.5. The van der Waals surface area contributed by atoms with Gasteiger partial charge in [0.15, 0.2) is 11.5 Å². The third kappa shape index (κ3) is 5.86. The number of pyridine rings is 1. The molecule has 0 aromatic carbocycles. The molecular weight excluding hydrogens is 290 g/mol. The fourth-order valence-corrected chi connectivity index (χ4v) is 1.60. The summed E-state index contributed by atoms with van der Waals surface area (Å²) >= 11 is 0. The van der Waals surface area contributed by atoms with E-state index in [1.165, 1.54) is 13.0 Å². The van der Waals surface area contributed by atoms with Crippen molar-refractivity contribution in [3.63, 3.8) is 0 Å². The van der Waals surface area contributed by atoms with Crippen LogP contribution in [-0.4, -0.2) is 33.9 Å². The van der Waals surface area contributed by atoms with Crippen LogP contribution >= 0.6 is 0 Å². The highest BCUT2D eigenvalue weighted by Gasteiger charge is 2.17. The first-order valence-electron chi connectivity index (χ1n) is 6.71. The molecule has 0 saturated carbocycles. The quantitative estimate of drug-likeness (QED) is 0.507. The Balaban J connectivity index is 2.71. The number of nitrogens with one attached hydrogen (secondary N) is 1. The molecule has 0 atom stereocenters. The molecule has 0 aliphatic rings. The van der Waals surface area contributed by atoms with Gasteiger partial charge in [0.05, 0.1) is 0 Å². The fraction of sp³-hybridized carbons (Fsp3) is 0.500. The maximum Gasteiger partial charge on any atom is 0.407 e. The predicted octanol–water partition coefficient (Wildman–Crippen LogP) is 2.26. The molecule has 1 N–H and O–H groups in total. The molecule has 0 spiro atoms. The zero-order valence-electron chi connectivity index (χ0n) is 13.0. The second-order valence-corrected chi connectivity index (χ2v) is 5.70. The van der Waals surface area contributed by atoms with E-state index in [1.807, 2.05) is 0 Å². The van der Waals surface area contributed by atoms with E-state index in [4.69, 9.17) is 4.74 Å². The van der Waals surface area contributed by atoms with Crippen molar-refractivity contribution >= 4 is 17.7 Å². The first kappa shape index (κ1) is 17.5. The van der Waals surface area contributed by atoms with Gasteiger partial charge in [0, 0.05) is 24.6 Å². The molecule has 0 saturated heterocycles. The Morgan fingerprint density at radius 1 is 1.36 bits per heavy atom. The molecule has 1 aromatic rings. The van der Waals surface area contributed by atoms with E-state index in [0.717, 1.165) is 6.07 Å². The maximum atomic E-state index is 11.5. The normalized spacial score (nSPS) is 10.9. The minimum atomic E-state index is -0.656. The Morgan fingerprint density at radius 3 is 2.50 bits per heavy atom. The number of hydrogen-bond donors (Lipinski definition) is 1. The van der Waals surface area contributed by atoms with Crippen molar-refractivity contribution in [2.45, 2.75) is 39.7 Å². The highest BCUT2D eigenvalue weighted by molar-refractivity contribution is 5.94. The number of rotatable bonds is 5. The van der Waals surface area contributed by atoms with Crippen LogP contribution in [0.2, 0.25) is 0 Å². The molecule has 0 bridgehead atoms. The van der Waals surface area contributed by atoms with Crippen LogP contribution in [0, 0.1) is 10.1 Å². The average Bonchev–Trinajstić information content (AvgIpc) is 2.36. The topological polar surface area (TPSA) is 111 Å². The lowest BCUT2D eigenvalue weighted by molar-refractivity contribution is -0.389. The second kappa shape index (κ2) is 6.97. The van der Waals surface area contributed by atoms with E-state index in [1.54, 1.807) is 20.8 Å².